The lowest BCUT2D eigenvalue weighted by Crippen LogP contribution is -2.13. The molecule has 3 rings (SSSR count). The maximum absolute atomic E-state index is 12.5. The molecule has 0 atom stereocenters. The van der Waals surface area contributed by atoms with Gasteiger partial charge in [0.25, 0.3) is 5.91 Å². The molecule has 136 valence electrons. The number of amides is 1. The lowest BCUT2D eigenvalue weighted by atomic mass is 10.1. The molecule has 7 heteroatoms. The number of aromatic nitrogens is 4. The highest BCUT2D eigenvalue weighted by atomic mass is 79.9. The molecule has 1 aromatic carbocycles. The highest BCUT2D eigenvalue weighted by Gasteiger charge is 2.12. The SMILES string of the molecule is CCn1ncc(NC(=O)c2ccc(Cn3nc(C)c(Br)c3C)cc2)c1C. The number of benzene rings is 1. The first-order valence-electron chi connectivity index (χ1n) is 8.53. The van der Waals surface area contributed by atoms with Crippen molar-refractivity contribution in [3.05, 3.63) is 63.1 Å². The van der Waals surface area contributed by atoms with Gasteiger partial charge in [-0.2, -0.15) is 10.2 Å². The maximum atomic E-state index is 12.5. The van der Waals surface area contributed by atoms with E-state index in [4.69, 9.17) is 0 Å². The second-order valence-electron chi connectivity index (χ2n) is 6.25. The van der Waals surface area contributed by atoms with Crippen molar-refractivity contribution in [3.8, 4) is 0 Å². The van der Waals surface area contributed by atoms with Gasteiger partial charge in [-0.3, -0.25) is 14.2 Å². The molecule has 0 fully saturated rings. The van der Waals surface area contributed by atoms with E-state index in [0.29, 0.717) is 12.1 Å². The molecule has 1 amide bonds. The van der Waals surface area contributed by atoms with Gasteiger partial charge in [0.1, 0.15) is 0 Å². The third kappa shape index (κ3) is 3.58. The lowest BCUT2D eigenvalue weighted by molar-refractivity contribution is 0.102. The Bertz CT molecular complexity index is 940. The number of nitrogens with zero attached hydrogens (tertiary/aromatic N) is 4. The van der Waals surface area contributed by atoms with E-state index in [1.165, 1.54) is 0 Å². The number of halogens is 1. The Morgan fingerprint density at radius 1 is 1.12 bits per heavy atom. The molecule has 0 aliphatic carbocycles. The van der Waals surface area contributed by atoms with Crippen molar-refractivity contribution in [1.29, 1.82) is 0 Å². The van der Waals surface area contributed by atoms with Gasteiger partial charge in [0.2, 0.25) is 0 Å². The van der Waals surface area contributed by atoms with Gasteiger partial charge in [-0.25, -0.2) is 0 Å². The van der Waals surface area contributed by atoms with Gasteiger partial charge in [-0.1, -0.05) is 12.1 Å². The lowest BCUT2D eigenvalue weighted by Gasteiger charge is -2.08. The van der Waals surface area contributed by atoms with Crippen molar-refractivity contribution >= 4 is 27.5 Å². The smallest absolute Gasteiger partial charge is 0.255 e. The fourth-order valence-electron chi connectivity index (χ4n) is 2.85. The average Bonchev–Trinajstić information content (AvgIpc) is 3.10. The van der Waals surface area contributed by atoms with E-state index < -0.39 is 0 Å². The number of aryl methyl sites for hydroxylation is 2. The molecule has 0 aliphatic heterocycles. The molecule has 2 heterocycles. The third-order valence-electron chi connectivity index (χ3n) is 4.49. The van der Waals surface area contributed by atoms with Crippen molar-refractivity contribution in [2.24, 2.45) is 0 Å². The van der Waals surface area contributed by atoms with Crippen LogP contribution in [0.1, 0.15) is 39.9 Å². The summed E-state index contributed by atoms with van der Waals surface area (Å²) in [5.41, 5.74) is 5.47. The first kappa shape index (κ1) is 18.4. The van der Waals surface area contributed by atoms with Crippen LogP contribution in [-0.2, 0) is 13.1 Å². The van der Waals surface area contributed by atoms with Crippen LogP contribution in [-0.4, -0.2) is 25.5 Å². The number of hydrogen-bond donors (Lipinski definition) is 1. The minimum Gasteiger partial charge on any atom is -0.319 e. The molecule has 0 aliphatic rings. The number of anilines is 1. The van der Waals surface area contributed by atoms with Crippen LogP contribution in [0.4, 0.5) is 5.69 Å². The zero-order chi connectivity index (χ0) is 18.8. The summed E-state index contributed by atoms with van der Waals surface area (Å²) in [7, 11) is 0. The van der Waals surface area contributed by atoms with E-state index in [-0.39, 0.29) is 5.91 Å². The fraction of sp³-hybridized carbons (Fsp3) is 0.316. The maximum Gasteiger partial charge on any atom is 0.255 e. The summed E-state index contributed by atoms with van der Waals surface area (Å²) >= 11 is 3.55. The average molecular weight is 416 g/mol. The predicted molar refractivity (Wildman–Crippen MR) is 106 cm³/mol. The fourth-order valence-corrected chi connectivity index (χ4v) is 3.13. The number of nitrogens with one attached hydrogen (secondary N) is 1. The molecule has 2 aromatic heterocycles. The van der Waals surface area contributed by atoms with E-state index in [9.17, 15) is 4.79 Å². The van der Waals surface area contributed by atoms with Crippen molar-refractivity contribution in [2.75, 3.05) is 5.32 Å². The largest absolute Gasteiger partial charge is 0.319 e. The molecular weight excluding hydrogens is 394 g/mol. The summed E-state index contributed by atoms with van der Waals surface area (Å²) < 4.78 is 4.85. The molecule has 0 unspecified atom stereocenters. The molecule has 0 saturated carbocycles. The van der Waals surface area contributed by atoms with E-state index in [0.717, 1.165) is 39.4 Å². The van der Waals surface area contributed by atoms with E-state index in [1.807, 2.05) is 61.3 Å². The summed E-state index contributed by atoms with van der Waals surface area (Å²) in [6.07, 6.45) is 1.69. The minimum atomic E-state index is -0.135. The summed E-state index contributed by atoms with van der Waals surface area (Å²) in [6, 6.07) is 7.60. The predicted octanol–water partition coefficient (Wildman–Crippen LogP) is 4.09. The van der Waals surface area contributed by atoms with Crippen molar-refractivity contribution in [3.63, 3.8) is 0 Å². The molecule has 6 nitrogen and oxygen atoms in total. The van der Waals surface area contributed by atoms with E-state index in [1.54, 1.807) is 6.20 Å². The Hall–Kier alpha value is -2.41. The Morgan fingerprint density at radius 2 is 1.81 bits per heavy atom. The quantitative estimate of drug-likeness (QED) is 0.682. The van der Waals surface area contributed by atoms with Gasteiger partial charge in [0.05, 0.1) is 40.0 Å². The first-order valence-corrected chi connectivity index (χ1v) is 9.32. The standard InChI is InChI=1S/C19H22BrN5O/c1-5-24-13(3)17(10-21-24)22-19(26)16-8-6-15(7-9-16)11-25-14(4)18(20)12(2)23-25/h6-10H,5,11H2,1-4H3,(H,22,26). The number of carbonyl (C=O) groups excluding carboxylic acids is 1. The Labute approximate surface area is 161 Å². The zero-order valence-electron chi connectivity index (χ0n) is 15.4. The molecule has 26 heavy (non-hydrogen) atoms. The molecule has 0 bridgehead atoms. The molecule has 0 spiro atoms. The van der Waals surface area contributed by atoms with Crippen LogP contribution < -0.4 is 5.32 Å². The van der Waals surface area contributed by atoms with Gasteiger partial charge in [-0.15, -0.1) is 0 Å². The van der Waals surface area contributed by atoms with Crippen molar-refractivity contribution in [1.82, 2.24) is 19.6 Å². The van der Waals surface area contributed by atoms with Gasteiger partial charge < -0.3 is 5.32 Å². The molecule has 0 saturated heterocycles. The van der Waals surface area contributed by atoms with Crippen molar-refractivity contribution in [2.45, 2.75) is 40.8 Å². The van der Waals surface area contributed by atoms with Crippen LogP contribution in [0.5, 0.6) is 0 Å². The molecular formula is C19H22BrN5O. The van der Waals surface area contributed by atoms with Crippen LogP contribution in [0.15, 0.2) is 34.9 Å². The highest BCUT2D eigenvalue weighted by molar-refractivity contribution is 9.10. The monoisotopic (exact) mass is 415 g/mol. The van der Waals surface area contributed by atoms with Crippen LogP contribution in [0.25, 0.3) is 0 Å². The molecule has 0 radical (unpaired) electrons. The normalized spacial score (nSPS) is 11.0. The van der Waals surface area contributed by atoms with Crippen LogP contribution >= 0.6 is 15.9 Å². The van der Waals surface area contributed by atoms with E-state index >= 15 is 0 Å². The topological polar surface area (TPSA) is 64.7 Å². The number of rotatable bonds is 5. The zero-order valence-corrected chi connectivity index (χ0v) is 17.0. The van der Waals surface area contributed by atoms with Gasteiger partial charge in [0.15, 0.2) is 0 Å². The molecule has 3 aromatic rings. The number of carbonyl (C=O) groups is 1. The second-order valence-corrected chi connectivity index (χ2v) is 7.05. The minimum absolute atomic E-state index is 0.135. The Morgan fingerprint density at radius 3 is 2.35 bits per heavy atom. The van der Waals surface area contributed by atoms with Gasteiger partial charge >= 0.3 is 0 Å². The second kappa shape index (κ2) is 7.45. The highest BCUT2D eigenvalue weighted by Crippen LogP contribution is 2.21. The summed E-state index contributed by atoms with van der Waals surface area (Å²) in [5, 5.41) is 11.7. The van der Waals surface area contributed by atoms with Gasteiger partial charge in [0, 0.05) is 12.1 Å². The number of hydrogen-bond acceptors (Lipinski definition) is 3. The van der Waals surface area contributed by atoms with E-state index in [2.05, 4.69) is 31.4 Å². The van der Waals surface area contributed by atoms with Gasteiger partial charge in [-0.05, 0) is 61.3 Å². The van der Waals surface area contributed by atoms with Crippen LogP contribution in [0, 0.1) is 20.8 Å². The summed E-state index contributed by atoms with van der Waals surface area (Å²) in [5.74, 6) is -0.135. The Balaban J connectivity index is 1.71. The summed E-state index contributed by atoms with van der Waals surface area (Å²) in [4.78, 5) is 12.5. The van der Waals surface area contributed by atoms with Crippen molar-refractivity contribution < 1.29 is 4.79 Å². The van der Waals surface area contributed by atoms with Crippen LogP contribution in [0.3, 0.4) is 0 Å². The molecule has 1 N–H and O–H groups in total. The Kier molecular flexibility index (Phi) is 5.27. The summed E-state index contributed by atoms with van der Waals surface area (Å²) in [6.45, 7) is 9.42. The van der Waals surface area contributed by atoms with Crippen LogP contribution in [0.2, 0.25) is 0 Å². The third-order valence-corrected chi connectivity index (χ3v) is 5.64. The first-order chi connectivity index (χ1) is 12.4.